The SMILES string of the molecule is COc1ccc(C(=O)c2cc(N(C)C)ccn2)cc1. The second-order valence-corrected chi connectivity index (χ2v) is 4.35. The van der Waals surface area contributed by atoms with Gasteiger partial charge in [-0.3, -0.25) is 9.78 Å². The number of nitrogens with zero attached hydrogens (tertiary/aromatic N) is 2. The van der Waals surface area contributed by atoms with E-state index in [1.807, 2.05) is 25.1 Å². The van der Waals surface area contributed by atoms with Gasteiger partial charge in [-0.25, -0.2) is 0 Å². The van der Waals surface area contributed by atoms with Crippen molar-refractivity contribution in [2.75, 3.05) is 26.1 Å². The minimum absolute atomic E-state index is 0.0913. The van der Waals surface area contributed by atoms with E-state index < -0.39 is 0 Å². The Bertz CT molecular complexity index is 577. The van der Waals surface area contributed by atoms with Gasteiger partial charge in [0.1, 0.15) is 11.4 Å². The van der Waals surface area contributed by atoms with Gasteiger partial charge >= 0.3 is 0 Å². The molecular formula is C15H16N2O2. The van der Waals surface area contributed by atoms with Crippen LogP contribution in [0.4, 0.5) is 5.69 Å². The molecule has 4 heteroatoms. The molecule has 0 N–H and O–H groups in total. The highest BCUT2D eigenvalue weighted by molar-refractivity contribution is 6.08. The van der Waals surface area contributed by atoms with Crippen molar-refractivity contribution in [3.8, 4) is 5.75 Å². The van der Waals surface area contributed by atoms with Gasteiger partial charge in [-0.2, -0.15) is 0 Å². The van der Waals surface area contributed by atoms with E-state index >= 15 is 0 Å². The summed E-state index contributed by atoms with van der Waals surface area (Å²) in [6.45, 7) is 0. The molecule has 0 saturated carbocycles. The third-order valence-corrected chi connectivity index (χ3v) is 2.84. The molecule has 1 aromatic heterocycles. The maximum atomic E-state index is 12.3. The molecule has 1 heterocycles. The number of hydrogen-bond donors (Lipinski definition) is 0. The summed E-state index contributed by atoms with van der Waals surface area (Å²) in [7, 11) is 5.45. The third kappa shape index (κ3) is 2.91. The molecule has 0 bridgehead atoms. The molecule has 0 unspecified atom stereocenters. The average molecular weight is 256 g/mol. The summed E-state index contributed by atoms with van der Waals surface area (Å²) < 4.78 is 5.07. The number of rotatable bonds is 4. The Morgan fingerprint density at radius 1 is 1.16 bits per heavy atom. The lowest BCUT2D eigenvalue weighted by Crippen LogP contribution is -2.11. The Labute approximate surface area is 112 Å². The van der Waals surface area contributed by atoms with Crippen LogP contribution in [0.1, 0.15) is 16.1 Å². The monoisotopic (exact) mass is 256 g/mol. The maximum absolute atomic E-state index is 12.3. The molecule has 2 rings (SSSR count). The van der Waals surface area contributed by atoms with E-state index in [1.54, 1.807) is 43.6 Å². The maximum Gasteiger partial charge on any atom is 0.211 e. The number of carbonyl (C=O) groups is 1. The molecule has 0 atom stereocenters. The minimum Gasteiger partial charge on any atom is -0.497 e. The first-order chi connectivity index (χ1) is 9.11. The quantitative estimate of drug-likeness (QED) is 0.788. The van der Waals surface area contributed by atoms with Crippen LogP contribution >= 0.6 is 0 Å². The fourth-order valence-electron chi connectivity index (χ4n) is 1.71. The first-order valence-corrected chi connectivity index (χ1v) is 5.94. The van der Waals surface area contributed by atoms with Crippen molar-refractivity contribution < 1.29 is 9.53 Å². The van der Waals surface area contributed by atoms with Gasteiger partial charge in [-0.05, 0) is 36.4 Å². The third-order valence-electron chi connectivity index (χ3n) is 2.84. The summed E-state index contributed by atoms with van der Waals surface area (Å²) >= 11 is 0. The standard InChI is InChI=1S/C15H16N2O2/c1-17(2)12-8-9-16-14(10-12)15(18)11-4-6-13(19-3)7-5-11/h4-10H,1-3H3. The van der Waals surface area contributed by atoms with Gasteiger partial charge in [0, 0.05) is 31.5 Å². The number of methoxy groups -OCH3 is 1. The summed E-state index contributed by atoms with van der Waals surface area (Å²) in [6, 6.07) is 10.7. The summed E-state index contributed by atoms with van der Waals surface area (Å²) in [5.41, 5.74) is 1.99. The smallest absolute Gasteiger partial charge is 0.211 e. The van der Waals surface area contributed by atoms with Crippen LogP contribution in [0.15, 0.2) is 42.6 Å². The lowest BCUT2D eigenvalue weighted by molar-refractivity contribution is 0.103. The zero-order valence-corrected chi connectivity index (χ0v) is 11.3. The van der Waals surface area contributed by atoms with Crippen molar-refractivity contribution in [3.63, 3.8) is 0 Å². The van der Waals surface area contributed by atoms with Crippen LogP contribution in [0.2, 0.25) is 0 Å². The predicted octanol–water partition coefficient (Wildman–Crippen LogP) is 2.39. The fraction of sp³-hybridized carbons (Fsp3) is 0.200. The second-order valence-electron chi connectivity index (χ2n) is 4.35. The molecule has 4 nitrogen and oxygen atoms in total. The summed E-state index contributed by atoms with van der Waals surface area (Å²) in [6.07, 6.45) is 1.64. The number of ketones is 1. The molecule has 0 aliphatic carbocycles. The van der Waals surface area contributed by atoms with Crippen molar-refractivity contribution in [2.45, 2.75) is 0 Å². The molecule has 1 aromatic carbocycles. The van der Waals surface area contributed by atoms with Crippen molar-refractivity contribution in [1.29, 1.82) is 0 Å². The van der Waals surface area contributed by atoms with E-state index in [0.717, 1.165) is 11.4 Å². The fourth-order valence-corrected chi connectivity index (χ4v) is 1.71. The van der Waals surface area contributed by atoms with E-state index in [2.05, 4.69) is 4.98 Å². The van der Waals surface area contributed by atoms with Crippen LogP contribution in [-0.4, -0.2) is 32.0 Å². The van der Waals surface area contributed by atoms with Crippen molar-refractivity contribution in [1.82, 2.24) is 4.98 Å². The van der Waals surface area contributed by atoms with Crippen LogP contribution in [0.5, 0.6) is 5.75 Å². The van der Waals surface area contributed by atoms with Crippen LogP contribution < -0.4 is 9.64 Å². The molecule has 0 saturated heterocycles. The van der Waals surface area contributed by atoms with E-state index in [-0.39, 0.29) is 5.78 Å². The molecule has 0 aliphatic rings. The molecule has 0 aliphatic heterocycles. The zero-order chi connectivity index (χ0) is 13.8. The first kappa shape index (κ1) is 13.1. The second kappa shape index (κ2) is 5.52. The summed E-state index contributed by atoms with van der Waals surface area (Å²) in [5.74, 6) is 0.637. The largest absolute Gasteiger partial charge is 0.497 e. The van der Waals surface area contributed by atoms with Gasteiger partial charge in [0.25, 0.3) is 0 Å². The summed E-state index contributed by atoms with van der Waals surface area (Å²) in [4.78, 5) is 18.4. The predicted molar refractivity (Wildman–Crippen MR) is 75.0 cm³/mol. The number of anilines is 1. The van der Waals surface area contributed by atoms with Crippen LogP contribution in [0.3, 0.4) is 0 Å². The molecule has 2 aromatic rings. The molecule has 0 radical (unpaired) electrons. The van der Waals surface area contributed by atoms with E-state index in [1.165, 1.54) is 0 Å². The molecule has 0 amide bonds. The minimum atomic E-state index is -0.0913. The molecule has 19 heavy (non-hydrogen) atoms. The average Bonchev–Trinajstić information content (AvgIpc) is 2.46. The number of carbonyl (C=O) groups excluding carboxylic acids is 1. The van der Waals surface area contributed by atoms with Crippen molar-refractivity contribution in [3.05, 3.63) is 53.9 Å². The van der Waals surface area contributed by atoms with Gasteiger partial charge in [0.15, 0.2) is 0 Å². The Balaban J connectivity index is 2.30. The first-order valence-electron chi connectivity index (χ1n) is 5.94. The lowest BCUT2D eigenvalue weighted by Gasteiger charge is -2.12. The molecular weight excluding hydrogens is 240 g/mol. The highest BCUT2D eigenvalue weighted by atomic mass is 16.5. The van der Waals surface area contributed by atoms with Crippen molar-refractivity contribution >= 4 is 11.5 Å². The Hall–Kier alpha value is -2.36. The highest BCUT2D eigenvalue weighted by Gasteiger charge is 2.11. The van der Waals surface area contributed by atoms with E-state index in [0.29, 0.717) is 11.3 Å². The number of pyridine rings is 1. The normalized spacial score (nSPS) is 10.1. The van der Waals surface area contributed by atoms with Crippen LogP contribution in [0, 0.1) is 0 Å². The van der Waals surface area contributed by atoms with Crippen LogP contribution in [-0.2, 0) is 0 Å². The lowest BCUT2D eigenvalue weighted by atomic mass is 10.1. The highest BCUT2D eigenvalue weighted by Crippen LogP contribution is 2.17. The number of aromatic nitrogens is 1. The van der Waals surface area contributed by atoms with Gasteiger partial charge in [-0.15, -0.1) is 0 Å². The van der Waals surface area contributed by atoms with Gasteiger partial charge in [-0.1, -0.05) is 0 Å². The van der Waals surface area contributed by atoms with Gasteiger partial charge in [0.2, 0.25) is 5.78 Å². The number of hydrogen-bond acceptors (Lipinski definition) is 4. The zero-order valence-electron chi connectivity index (χ0n) is 11.3. The van der Waals surface area contributed by atoms with Gasteiger partial charge < -0.3 is 9.64 Å². The summed E-state index contributed by atoms with van der Waals surface area (Å²) in [5, 5.41) is 0. The Kier molecular flexibility index (Phi) is 3.80. The van der Waals surface area contributed by atoms with E-state index in [9.17, 15) is 4.79 Å². The number of ether oxygens (including phenoxy) is 1. The van der Waals surface area contributed by atoms with Crippen LogP contribution in [0.25, 0.3) is 0 Å². The Morgan fingerprint density at radius 3 is 2.42 bits per heavy atom. The molecule has 0 fully saturated rings. The topological polar surface area (TPSA) is 42.4 Å². The van der Waals surface area contributed by atoms with Gasteiger partial charge in [0.05, 0.1) is 7.11 Å². The Morgan fingerprint density at radius 2 is 1.84 bits per heavy atom. The van der Waals surface area contributed by atoms with Crippen molar-refractivity contribution in [2.24, 2.45) is 0 Å². The number of benzene rings is 1. The molecule has 0 spiro atoms. The molecule has 98 valence electrons. The van der Waals surface area contributed by atoms with E-state index in [4.69, 9.17) is 4.74 Å².